The van der Waals surface area contributed by atoms with E-state index in [2.05, 4.69) is 35.5 Å². The molecule has 0 saturated carbocycles. The van der Waals surface area contributed by atoms with Gasteiger partial charge in [0.25, 0.3) is 0 Å². The van der Waals surface area contributed by atoms with Crippen LogP contribution in [0.5, 0.6) is 11.5 Å². The molecule has 0 aliphatic rings. The van der Waals surface area contributed by atoms with Crippen molar-refractivity contribution in [1.29, 1.82) is 0 Å². The Kier molecular flexibility index (Phi) is 6.17. The highest BCUT2D eigenvalue weighted by Crippen LogP contribution is 2.28. The molecule has 0 atom stereocenters. The van der Waals surface area contributed by atoms with Crippen LogP contribution >= 0.6 is 0 Å². The molecular weight excluding hydrogens is 336 g/mol. The average molecular weight is 364 g/mol. The lowest BCUT2D eigenvalue weighted by molar-refractivity contribution is 0.284. The summed E-state index contributed by atoms with van der Waals surface area (Å²) in [5, 5.41) is 0. The van der Waals surface area contributed by atoms with Gasteiger partial charge in [0.05, 0.1) is 31.1 Å². The van der Waals surface area contributed by atoms with Gasteiger partial charge in [-0.3, -0.25) is 0 Å². The molecular formula is C23H28N2O2. The zero-order valence-electron chi connectivity index (χ0n) is 16.7. The summed E-state index contributed by atoms with van der Waals surface area (Å²) < 4.78 is 13.6. The second-order valence-electron chi connectivity index (χ2n) is 6.83. The minimum atomic E-state index is 0.671. The first kappa shape index (κ1) is 19.0. The quantitative estimate of drug-likeness (QED) is 0.491. The Morgan fingerprint density at radius 1 is 1.04 bits per heavy atom. The molecule has 0 aliphatic heterocycles. The highest BCUT2D eigenvalue weighted by Gasteiger charge is 2.06. The molecule has 3 aromatic rings. The fourth-order valence-electron chi connectivity index (χ4n) is 3.16. The normalized spacial score (nSPS) is 11.4. The zero-order valence-corrected chi connectivity index (χ0v) is 16.7. The molecule has 4 heteroatoms. The van der Waals surface area contributed by atoms with E-state index in [1.165, 1.54) is 16.6 Å². The number of aromatic nitrogens is 2. The molecule has 27 heavy (non-hydrogen) atoms. The van der Waals surface area contributed by atoms with Gasteiger partial charge in [-0.1, -0.05) is 18.2 Å². The van der Waals surface area contributed by atoms with Crippen molar-refractivity contribution in [1.82, 2.24) is 9.55 Å². The predicted molar refractivity (Wildman–Crippen MR) is 112 cm³/mol. The molecule has 0 amide bonds. The first-order valence-corrected chi connectivity index (χ1v) is 9.48. The van der Waals surface area contributed by atoms with Crippen LogP contribution < -0.4 is 9.47 Å². The third-order valence-corrected chi connectivity index (χ3v) is 4.83. The largest absolute Gasteiger partial charge is 0.493 e. The first-order valence-electron chi connectivity index (χ1n) is 9.48. The first-order chi connectivity index (χ1) is 13.1. The zero-order chi connectivity index (χ0) is 19.2. The van der Waals surface area contributed by atoms with Crippen molar-refractivity contribution < 1.29 is 9.47 Å². The molecule has 1 heterocycles. The molecule has 0 bridgehead atoms. The van der Waals surface area contributed by atoms with Crippen LogP contribution in [0, 0.1) is 13.8 Å². The smallest absolute Gasteiger partial charge is 0.161 e. The van der Waals surface area contributed by atoms with E-state index < -0.39 is 0 Å². The van der Waals surface area contributed by atoms with Crippen molar-refractivity contribution in [2.24, 2.45) is 0 Å². The van der Waals surface area contributed by atoms with Gasteiger partial charge >= 0.3 is 0 Å². The Morgan fingerprint density at radius 2 is 1.85 bits per heavy atom. The van der Waals surface area contributed by atoms with Crippen molar-refractivity contribution in [3.8, 4) is 11.5 Å². The lowest BCUT2D eigenvalue weighted by atomic mass is 10.1. The topological polar surface area (TPSA) is 36.3 Å². The second-order valence-corrected chi connectivity index (χ2v) is 6.83. The molecule has 0 aliphatic carbocycles. The highest BCUT2D eigenvalue weighted by atomic mass is 16.5. The summed E-state index contributed by atoms with van der Waals surface area (Å²) in [5.41, 5.74) is 5.98. The molecule has 1 aromatic heterocycles. The Balaban J connectivity index is 1.53. The molecule has 0 fully saturated rings. The summed E-state index contributed by atoms with van der Waals surface area (Å²) in [6.45, 7) is 7.89. The van der Waals surface area contributed by atoms with Crippen LogP contribution in [-0.4, -0.2) is 23.3 Å². The van der Waals surface area contributed by atoms with Gasteiger partial charge in [-0.2, -0.15) is 0 Å². The van der Waals surface area contributed by atoms with E-state index in [4.69, 9.17) is 9.47 Å². The van der Waals surface area contributed by atoms with Gasteiger partial charge in [-0.05, 0) is 74.6 Å². The maximum absolute atomic E-state index is 5.93. The number of nitrogens with zero attached hydrogens (tertiary/aromatic N) is 2. The summed E-state index contributed by atoms with van der Waals surface area (Å²) in [4.78, 5) is 4.52. The number of benzene rings is 2. The number of fused-ring (bicyclic) bond motifs is 1. The monoisotopic (exact) mass is 364 g/mol. The summed E-state index contributed by atoms with van der Waals surface area (Å²) >= 11 is 0. The molecule has 4 nitrogen and oxygen atoms in total. The Labute approximate surface area is 161 Å². The van der Waals surface area contributed by atoms with E-state index in [1.54, 1.807) is 7.11 Å². The van der Waals surface area contributed by atoms with E-state index in [1.807, 2.05) is 43.6 Å². The van der Waals surface area contributed by atoms with Crippen LogP contribution in [-0.2, 0) is 6.54 Å². The Hall–Kier alpha value is -2.75. The number of imidazole rings is 1. The number of allylic oxidation sites excluding steroid dienone is 1. The third-order valence-electron chi connectivity index (χ3n) is 4.83. The summed E-state index contributed by atoms with van der Waals surface area (Å²) in [5.74, 6) is 1.57. The molecule has 0 spiro atoms. The number of aryl methyl sites for hydroxylation is 3. The number of rotatable bonds is 8. The lowest BCUT2D eigenvalue weighted by Gasteiger charge is -2.11. The second kappa shape index (κ2) is 8.76. The van der Waals surface area contributed by atoms with E-state index in [9.17, 15) is 0 Å². The van der Waals surface area contributed by atoms with Crippen LogP contribution in [0.2, 0.25) is 0 Å². The molecule has 2 aromatic carbocycles. The molecule has 0 unspecified atom stereocenters. The van der Waals surface area contributed by atoms with Gasteiger partial charge in [0.1, 0.15) is 0 Å². The minimum Gasteiger partial charge on any atom is -0.493 e. The van der Waals surface area contributed by atoms with Gasteiger partial charge < -0.3 is 14.0 Å². The number of methoxy groups -OCH3 is 1. The molecule has 0 saturated heterocycles. The predicted octanol–water partition coefficient (Wildman–Crippen LogP) is 5.55. The van der Waals surface area contributed by atoms with Crippen LogP contribution in [0.1, 0.15) is 36.5 Å². The number of ether oxygens (including phenoxy) is 2. The fraction of sp³-hybridized carbons (Fsp3) is 0.348. The van der Waals surface area contributed by atoms with Crippen LogP contribution in [0.25, 0.3) is 17.1 Å². The summed E-state index contributed by atoms with van der Waals surface area (Å²) in [7, 11) is 1.68. The molecule has 142 valence electrons. The summed E-state index contributed by atoms with van der Waals surface area (Å²) in [6.07, 6.45) is 8.01. The molecule has 0 N–H and O–H groups in total. The van der Waals surface area contributed by atoms with Gasteiger partial charge in [-0.25, -0.2) is 4.98 Å². The average Bonchev–Trinajstić information content (AvgIpc) is 3.04. The molecule has 0 radical (unpaired) electrons. The third kappa shape index (κ3) is 4.51. The van der Waals surface area contributed by atoms with Gasteiger partial charge in [0.15, 0.2) is 11.5 Å². The van der Waals surface area contributed by atoms with E-state index >= 15 is 0 Å². The Bertz CT molecular complexity index is 941. The Morgan fingerprint density at radius 3 is 2.63 bits per heavy atom. The van der Waals surface area contributed by atoms with Crippen LogP contribution in [0.15, 0.2) is 42.7 Å². The van der Waals surface area contributed by atoms with Crippen LogP contribution in [0.4, 0.5) is 0 Å². The number of hydrogen-bond donors (Lipinski definition) is 0. The van der Waals surface area contributed by atoms with E-state index in [0.29, 0.717) is 6.61 Å². The number of hydrogen-bond acceptors (Lipinski definition) is 3. The van der Waals surface area contributed by atoms with Crippen molar-refractivity contribution in [3.05, 3.63) is 59.4 Å². The SMILES string of the molecule is C/C=C/c1ccc(OCCCCn2cnc3cc(C)c(C)cc32)c(OC)c1. The lowest BCUT2D eigenvalue weighted by Crippen LogP contribution is -2.03. The standard InChI is InChI=1S/C23H28N2O2/c1-5-8-19-9-10-22(23(15-19)26-4)27-12-7-6-11-25-16-24-20-13-17(2)18(3)14-21(20)25/h5,8-10,13-16H,6-7,11-12H2,1-4H3/b8-5+. The van der Waals surface area contributed by atoms with Gasteiger partial charge in [0.2, 0.25) is 0 Å². The fourth-order valence-corrected chi connectivity index (χ4v) is 3.16. The highest BCUT2D eigenvalue weighted by molar-refractivity contribution is 5.77. The van der Waals surface area contributed by atoms with Crippen molar-refractivity contribution in [3.63, 3.8) is 0 Å². The maximum Gasteiger partial charge on any atom is 0.161 e. The maximum atomic E-state index is 5.93. The van der Waals surface area contributed by atoms with Crippen molar-refractivity contribution in [2.75, 3.05) is 13.7 Å². The van der Waals surface area contributed by atoms with Crippen molar-refractivity contribution in [2.45, 2.75) is 40.2 Å². The minimum absolute atomic E-state index is 0.671. The van der Waals surface area contributed by atoms with Gasteiger partial charge in [-0.15, -0.1) is 0 Å². The summed E-state index contributed by atoms with van der Waals surface area (Å²) in [6, 6.07) is 10.4. The van der Waals surface area contributed by atoms with E-state index in [-0.39, 0.29) is 0 Å². The van der Waals surface area contributed by atoms with Crippen LogP contribution in [0.3, 0.4) is 0 Å². The molecule has 3 rings (SSSR count). The number of unbranched alkanes of at least 4 members (excludes halogenated alkanes) is 1. The van der Waals surface area contributed by atoms with Crippen molar-refractivity contribution >= 4 is 17.1 Å². The van der Waals surface area contributed by atoms with E-state index in [0.717, 1.165) is 42.0 Å². The van der Waals surface area contributed by atoms with Gasteiger partial charge in [0, 0.05) is 6.54 Å².